The topological polar surface area (TPSA) is 108 Å². The Morgan fingerprint density at radius 3 is 2.61 bits per heavy atom. The number of hydrogen-bond acceptors (Lipinski definition) is 6. The van der Waals surface area contributed by atoms with Crippen molar-refractivity contribution in [1.29, 1.82) is 0 Å². The predicted molar refractivity (Wildman–Crippen MR) is 138 cm³/mol. The summed E-state index contributed by atoms with van der Waals surface area (Å²) in [6.45, 7) is 7.07. The van der Waals surface area contributed by atoms with E-state index in [2.05, 4.69) is 25.8 Å². The maximum atomic E-state index is 14.8. The fraction of sp³-hybridized carbons (Fsp3) is 0.308. The number of halogens is 2. The van der Waals surface area contributed by atoms with Gasteiger partial charge in [0.15, 0.2) is 11.6 Å². The van der Waals surface area contributed by atoms with Crippen LogP contribution in [0.2, 0.25) is 0 Å². The Bertz CT molecular complexity index is 1440. The number of benzene rings is 1. The van der Waals surface area contributed by atoms with Crippen LogP contribution >= 0.6 is 0 Å². The van der Waals surface area contributed by atoms with E-state index in [1.165, 1.54) is 29.1 Å². The van der Waals surface area contributed by atoms with Crippen LogP contribution in [0.1, 0.15) is 26.5 Å². The minimum absolute atomic E-state index is 0.221. The first-order valence-corrected chi connectivity index (χ1v) is 11.8. The molecule has 38 heavy (non-hydrogen) atoms. The van der Waals surface area contributed by atoms with E-state index in [0.29, 0.717) is 24.7 Å². The monoisotopic (exact) mass is 525 g/mol. The molecule has 0 bridgehead atoms. The lowest BCUT2D eigenvalue weighted by Crippen LogP contribution is -2.22. The fourth-order valence-electron chi connectivity index (χ4n) is 3.49. The summed E-state index contributed by atoms with van der Waals surface area (Å²) in [5, 5.41) is 13.5. The van der Waals surface area contributed by atoms with E-state index in [1.807, 2.05) is 20.8 Å². The maximum absolute atomic E-state index is 14.8. The van der Waals surface area contributed by atoms with E-state index < -0.39 is 17.7 Å². The third-order valence-electron chi connectivity index (χ3n) is 5.60. The number of hydrogen-bond donors (Lipinski definition) is 2. The normalized spacial score (nSPS) is 11.4. The van der Waals surface area contributed by atoms with Gasteiger partial charge in [-0.25, -0.2) is 9.18 Å². The van der Waals surface area contributed by atoms with Crippen molar-refractivity contribution in [2.45, 2.75) is 32.7 Å². The van der Waals surface area contributed by atoms with E-state index in [9.17, 15) is 13.6 Å². The van der Waals surface area contributed by atoms with E-state index in [-0.39, 0.29) is 22.6 Å². The molecule has 0 aliphatic heterocycles. The minimum atomic E-state index is -1.26. The number of nitrogens with one attached hydrogen (secondary N) is 2. The highest BCUT2D eigenvalue weighted by atomic mass is 19.2. The second kappa shape index (κ2) is 11.0. The Hall–Kier alpha value is -4.32. The lowest BCUT2D eigenvalue weighted by Gasteiger charge is -2.13. The molecule has 12 heteroatoms. The lowest BCUT2D eigenvalue weighted by atomic mass is 9.92. The number of pyridine rings is 1. The third kappa shape index (κ3) is 6.14. The molecule has 2 N–H and O–H groups in total. The Kier molecular flexibility index (Phi) is 7.72. The smallest absolute Gasteiger partial charge is 0.324 e. The number of methoxy groups -OCH3 is 1. The van der Waals surface area contributed by atoms with Crippen LogP contribution in [0.4, 0.5) is 25.1 Å². The van der Waals surface area contributed by atoms with Gasteiger partial charge in [-0.2, -0.15) is 14.6 Å². The van der Waals surface area contributed by atoms with Crippen molar-refractivity contribution >= 4 is 17.5 Å². The summed E-state index contributed by atoms with van der Waals surface area (Å²) in [4.78, 5) is 16.8. The first-order valence-electron chi connectivity index (χ1n) is 11.8. The highest BCUT2D eigenvalue weighted by molar-refractivity contribution is 5.99. The van der Waals surface area contributed by atoms with Gasteiger partial charge in [0, 0.05) is 49.7 Å². The molecule has 4 rings (SSSR count). The summed E-state index contributed by atoms with van der Waals surface area (Å²) >= 11 is 0. The summed E-state index contributed by atoms with van der Waals surface area (Å²) in [6.07, 6.45) is 4.94. The van der Waals surface area contributed by atoms with E-state index in [4.69, 9.17) is 9.47 Å². The van der Waals surface area contributed by atoms with Crippen molar-refractivity contribution in [2.75, 3.05) is 24.4 Å². The molecule has 0 spiro atoms. The van der Waals surface area contributed by atoms with Crippen molar-refractivity contribution in [3.63, 3.8) is 0 Å². The van der Waals surface area contributed by atoms with Crippen LogP contribution < -0.4 is 15.4 Å². The van der Waals surface area contributed by atoms with Gasteiger partial charge in [-0.3, -0.25) is 19.7 Å². The van der Waals surface area contributed by atoms with Gasteiger partial charge in [0.2, 0.25) is 5.82 Å². The zero-order valence-electron chi connectivity index (χ0n) is 21.7. The van der Waals surface area contributed by atoms with Gasteiger partial charge < -0.3 is 14.8 Å². The van der Waals surface area contributed by atoms with Crippen LogP contribution in [0.5, 0.6) is 11.5 Å². The quantitative estimate of drug-likeness (QED) is 0.322. The maximum Gasteiger partial charge on any atom is 0.324 e. The molecule has 4 aromatic rings. The Morgan fingerprint density at radius 1 is 1.11 bits per heavy atom. The van der Waals surface area contributed by atoms with Crippen molar-refractivity contribution in [2.24, 2.45) is 7.05 Å². The van der Waals surface area contributed by atoms with Crippen molar-refractivity contribution < 1.29 is 23.0 Å². The number of aromatic nitrogens is 5. The second-order valence-corrected chi connectivity index (χ2v) is 9.57. The van der Waals surface area contributed by atoms with Gasteiger partial charge in [-0.15, -0.1) is 0 Å². The Morgan fingerprint density at radius 2 is 1.89 bits per heavy atom. The van der Waals surface area contributed by atoms with Crippen LogP contribution in [0.25, 0.3) is 11.3 Å². The molecule has 0 fully saturated rings. The molecule has 0 saturated carbocycles. The van der Waals surface area contributed by atoms with Crippen LogP contribution in [-0.4, -0.2) is 44.3 Å². The number of rotatable bonds is 8. The molecular weight excluding hydrogens is 496 g/mol. The van der Waals surface area contributed by atoms with Gasteiger partial charge in [0.05, 0.1) is 36.4 Å². The highest BCUT2D eigenvalue weighted by Gasteiger charge is 2.21. The highest BCUT2D eigenvalue weighted by Crippen LogP contribution is 2.31. The van der Waals surface area contributed by atoms with Gasteiger partial charge in [0.1, 0.15) is 11.6 Å². The van der Waals surface area contributed by atoms with Crippen molar-refractivity contribution in [3.8, 4) is 22.8 Å². The number of aryl methyl sites for hydroxylation is 1. The van der Waals surface area contributed by atoms with Crippen LogP contribution in [0.15, 0.2) is 48.9 Å². The molecule has 200 valence electrons. The number of urea groups is 1. The molecule has 0 unspecified atom stereocenters. The Balaban J connectivity index is 1.45. The van der Waals surface area contributed by atoms with Crippen LogP contribution in [-0.2, 0) is 23.7 Å². The average Bonchev–Trinajstić information content (AvgIpc) is 3.49. The fourth-order valence-corrected chi connectivity index (χ4v) is 3.49. The molecule has 2 amide bonds. The molecule has 0 aliphatic carbocycles. The summed E-state index contributed by atoms with van der Waals surface area (Å²) in [5.74, 6) is -2.19. The number of ether oxygens (including phenoxy) is 2. The molecule has 0 radical (unpaired) electrons. The lowest BCUT2D eigenvalue weighted by molar-refractivity contribution is 0.183. The molecule has 3 aromatic heterocycles. The van der Waals surface area contributed by atoms with Gasteiger partial charge in [-0.1, -0.05) is 20.8 Å². The first-order chi connectivity index (χ1) is 18.0. The van der Waals surface area contributed by atoms with E-state index in [0.717, 1.165) is 11.3 Å². The minimum Gasteiger partial charge on any atom is -0.454 e. The molecule has 10 nitrogen and oxygen atoms in total. The van der Waals surface area contributed by atoms with Crippen molar-refractivity contribution in [3.05, 3.63) is 66.3 Å². The van der Waals surface area contributed by atoms with Crippen LogP contribution in [0.3, 0.4) is 0 Å². The zero-order valence-corrected chi connectivity index (χ0v) is 21.7. The summed E-state index contributed by atoms with van der Waals surface area (Å²) < 4.78 is 43.5. The number of nitrogens with zero attached hydrogens (tertiary/aromatic N) is 5. The largest absolute Gasteiger partial charge is 0.454 e. The van der Waals surface area contributed by atoms with E-state index >= 15 is 0 Å². The van der Waals surface area contributed by atoms with E-state index in [1.54, 1.807) is 43.4 Å². The van der Waals surface area contributed by atoms with Gasteiger partial charge >= 0.3 is 6.03 Å². The SMILES string of the molecule is COCCn1cc(-c2cc(Oc3ccc(NC(=O)Nc4cc(C(C)(C)C)nn4C)c(F)c3F)ccn2)cn1. The van der Waals surface area contributed by atoms with Gasteiger partial charge in [-0.05, 0) is 18.2 Å². The molecule has 0 aliphatic rings. The third-order valence-corrected chi connectivity index (χ3v) is 5.60. The molecular formula is C26H29F2N7O3. The molecule has 1 aromatic carbocycles. The number of carbonyl (C=O) groups is 1. The Labute approximate surface area is 218 Å². The predicted octanol–water partition coefficient (Wildman–Crippen LogP) is 5.34. The average molecular weight is 526 g/mol. The summed E-state index contributed by atoms with van der Waals surface area (Å²) in [5.41, 5.74) is 1.48. The number of anilines is 2. The standard InChI is InChI=1S/C26H29F2N7O3/c1-26(2,3)21-13-22(34(4)33-21)32-25(36)31-18-6-7-20(24(28)23(18)27)38-17-8-9-29-19(12-17)16-14-30-35(15-16)10-11-37-5/h6-9,12-15H,10-11H2,1-5H3,(H2,31,32,36). The summed E-state index contributed by atoms with van der Waals surface area (Å²) in [6, 6.07) is 6.55. The first kappa shape index (κ1) is 26.7. The number of carbonyl (C=O) groups excluding carboxylic acids is 1. The molecule has 0 saturated heterocycles. The van der Waals surface area contributed by atoms with Crippen molar-refractivity contribution in [1.82, 2.24) is 24.5 Å². The zero-order chi connectivity index (χ0) is 27.4. The number of amides is 2. The summed E-state index contributed by atoms with van der Waals surface area (Å²) in [7, 11) is 3.28. The molecule has 0 atom stereocenters. The molecule has 3 heterocycles. The van der Waals surface area contributed by atoms with Crippen LogP contribution in [0, 0.1) is 11.6 Å². The van der Waals surface area contributed by atoms with Gasteiger partial charge in [0.25, 0.3) is 0 Å². The second-order valence-electron chi connectivity index (χ2n) is 9.57.